The minimum Gasteiger partial charge on any atom is -0.387 e. The predicted octanol–water partition coefficient (Wildman–Crippen LogP) is 2.81. The molecule has 1 aromatic carbocycles. The molecule has 68 valence electrons. The molecule has 1 rings (SSSR count). The SMILES string of the molecule is CCCc1cccc(C)c1OC#N. The van der Waals surface area contributed by atoms with Gasteiger partial charge in [0.15, 0.2) is 0 Å². The summed E-state index contributed by atoms with van der Waals surface area (Å²) in [4.78, 5) is 0. The molecule has 2 nitrogen and oxygen atoms in total. The molecule has 0 aliphatic heterocycles. The molecule has 0 unspecified atom stereocenters. The Bertz CT molecular complexity index is 325. The van der Waals surface area contributed by atoms with Gasteiger partial charge in [0, 0.05) is 0 Å². The highest BCUT2D eigenvalue weighted by Gasteiger charge is 2.05. The molecule has 0 saturated heterocycles. The van der Waals surface area contributed by atoms with Crippen LogP contribution >= 0.6 is 0 Å². The number of nitrogens with zero attached hydrogens (tertiary/aromatic N) is 1. The first-order chi connectivity index (χ1) is 6.29. The van der Waals surface area contributed by atoms with E-state index >= 15 is 0 Å². The fourth-order valence-corrected chi connectivity index (χ4v) is 1.37. The summed E-state index contributed by atoms with van der Waals surface area (Å²) < 4.78 is 4.93. The molecule has 0 atom stereocenters. The fourth-order valence-electron chi connectivity index (χ4n) is 1.37. The number of aryl methyl sites for hydroxylation is 2. The topological polar surface area (TPSA) is 33.0 Å². The molecular formula is C11H13NO. The predicted molar refractivity (Wildman–Crippen MR) is 51.4 cm³/mol. The van der Waals surface area contributed by atoms with Crippen molar-refractivity contribution in [2.45, 2.75) is 26.7 Å². The third-order valence-corrected chi connectivity index (χ3v) is 1.96. The quantitative estimate of drug-likeness (QED) is 0.662. The molecule has 0 fully saturated rings. The van der Waals surface area contributed by atoms with Crippen molar-refractivity contribution < 1.29 is 4.74 Å². The molecule has 0 aromatic heterocycles. The van der Waals surface area contributed by atoms with Crippen molar-refractivity contribution in [3.05, 3.63) is 29.3 Å². The lowest BCUT2D eigenvalue weighted by molar-refractivity contribution is 0.495. The lowest BCUT2D eigenvalue weighted by Gasteiger charge is -2.07. The van der Waals surface area contributed by atoms with Crippen molar-refractivity contribution in [2.75, 3.05) is 0 Å². The summed E-state index contributed by atoms with van der Waals surface area (Å²) in [5, 5.41) is 8.46. The van der Waals surface area contributed by atoms with Gasteiger partial charge in [0.1, 0.15) is 5.75 Å². The van der Waals surface area contributed by atoms with Gasteiger partial charge in [0.2, 0.25) is 0 Å². The van der Waals surface area contributed by atoms with Gasteiger partial charge in [-0.2, -0.15) is 0 Å². The average molecular weight is 175 g/mol. The van der Waals surface area contributed by atoms with Crippen molar-refractivity contribution in [1.82, 2.24) is 0 Å². The monoisotopic (exact) mass is 175 g/mol. The fraction of sp³-hybridized carbons (Fsp3) is 0.364. The Morgan fingerprint density at radius 2 is 2.23 bits per heavy atom. The number of para-hydroxylation sites is 1. The van der Waals surface area contributed by atoms with Gasteiger partial charge in [-0.3, -0.25) is 0 Å². The second-order valence-corrected chi connectivity index (χ2v) is 3.01. The van der Waals surface area contributed by atoms with E-state index in [1.54, 1.807) is 6.26 Å². The zero-order chi connectivity index (χ0) is 9.68. The highest BCUT2D eigenvalue weighted by atomic mass is 16.5. The Morgan fingerprint density at radius 1 is 1.46 bits per heavy atom. The van der Waals surface area contributed by atoms with Gasteiger partial charge in [0.05, 0.1) is 0 Å². The highest BCUT2D eigenvalue weighted by molar-refractivity contribution is 5.41. The Balaban J connectivity index is 3.03. The lowest BCUT2D eigenvalue weighted by atomic mass is 10.1. The largest absolute Gasteiger partial charge is 0.387 e. The van der Waals surface area contributed by atoms with Crippen molar-refractivity contribution in [1.29, 1.82) is 5.26 Å². The number of benzene rings is 1. The third-order valence-electron chi connectivity index (χ3n) is 1.96. The average Bonchev–Trinajstić information content (AvgIpc) is 2.11. The zero-order valence-electron chi connectivity index (χ0n) is 8.00. The number of hydrogen-bond acceptors (Lipinski definition) is 2. The van der Waals surface area contributed by atoms with E-state index < -0.39 is 0 Å². The van der Waals surface area contributed by atoms with E-state index in [2.05, 4.69) is 6.92 Å². The van der Waals surface area contributed by atoms with Crippen LogP contribution in [-0.2, 0) is 6.42 Å². The van der Waals surface area contributed by atoms with E-state index in [4.69, 9.17) is 10.00 Å². The highest BCUT2D eigenvalue weighted by Crippen LogP contribution is 2.24. The van der Waals surface area contributed by atoms with Gasteiger partial charge in [-0.05, 0) is 24.5 Å². The van der Waals surface area contributed by atoms with E-state index in [1.165, 1.54) is 0 Å². The van der Waals surface area contributed by atoms with Gasteiger partial charge >= 0.3 is 0 Å². The molecule has 0 aliphatic rings. The Kier molecular flexibility index (Phi) is 3.33. The van der Waals surface area contributed by atoms with Gasteiger partial charge in [0.25, 0.3) is 6.26 Å². The first-order valence-electron chi connectivity index (χ1n) is 4.44. The first-order valence-corrected chi connectivity index (χ1v) is 4.44. The number of nitriles is 1. The molecule has 0 radical (unpaired) electrons. The van der Waals surface area contributed by atoms with E-state index in [-0.39, 0.29) is 0 Å². The summed E-state index contributed by atoms with van der Waals surface area (Å²) in [7, 11) is 0. The van der Waals surface area contributed by atoms with Crippen LogP contribution in [0.3, 0.4) is 0 Å². The molecule has 0 aliphatic carbocycles. The second kappa shape index (κ2) is 4.51. The van der Waals surface area contributed by atoms with Crippen LogP contribution in [0.5, 0.6) is 5.75 Å². The minimum atomic E-state index is 0.729. The summed E-state index contributed by atoms with van der Waals surface area (Å²) in [6, 6.07) is 5.94. The van der Waals surface area contributed by atoms with Crippen LogP contribution < -0.4 is 4.74 Å². The normalized spacial score (nSPS) is 9.31. The molecule has 0 saturated carbocycles. The Labute approximate surface area is 78.8 Å². The molecule has 1 aromatic rings. The molecule has 2 heteroatoms. The molecule has 0 heterocycles. The maximum absolute atomic E-state index is 8.46. The summed E-state index contributed by atoms with van der Waals surface area (Å²) >= 11 is 0. The molecule has 0 N–H and O–H groups in total. The van der Waals surface area contributed by atoms with Crippen LogP contribution in [0, 0.1) is 18.4 Å². The van der Waals surface area contributed by atoms with E-state index in [0.29, 0.717) is 0 Å². The standard InChI is InChI=1S/C11H13NO/c1-3-5-10-7-4-6-9(2)11(10)13-8-12/h4,6-7H,3,5H2,1-2H3. The number of hydrogen-bond donors (Lipinski definition) is 0. The van der Waals surface area contributed by atoms with Crippen molar-refractivity contribution in [3.8, 4) is 12.0 Å². The molecule has 0 bridgehead atoms. The number of rotatable bonds is 3. The van der Waals surface area contributed by atoms with Crippen LogP contribution in [0.1, 0.15) is 24.5 Å². The van der Waals surface area contributed by atoms with Gasteiger partial charge in [-0.15, -0.1) is 5.26 Å². The van der Waals surface area contributed by atoms with Crippen molar-refractivity contribution >= 4 is 0 Å². The minimum absolute atomic E-state index is 0.729. The zero-order valence-corrected chi connectivity index (χ0v) is 8.00. The molecule has 13 heavy (non-hydrogen) atoms. The van der Waals surface area contributed by atoms with Crippen molar-refractivity contribution in [2.24, 2.45) is 0 Å². The van der Waals surface area contributed by atoms with Crippen LogP contribution in [0.25, 0.3) is 0 Å². The van der Waals surface area contributed by atoms with E-state index in [9.17, 15) is 0 Å². The maximum Gasteiger partial charge on any atom is 0.292 e. The van der Waals surface area contributed by atoms with E-state index in [1.807, 2.05) is 25.1 Å². The molecule has 0 spiro atoms. The van der Waals surface area contributed by atoms with Crippen LogP contribution in [0.4, 0.5) is 0 Å². The summed E-state index contributed by atoms with van der Waals surface area (Å²) in [6.45, 7) is 4.06. The second-order valence-electron chi connectivity index (χ2n) is 3.01. The summed E-state index contributed by atoms with van der Waals surface area (Å²) in [6.07, 6.45) is 3.74. The van der Waals surface area contributed by atoms with Gasteiger partial charge in [-0.1, -0.05) is 31.5 Å². The number of ether oxygens (including phenoxy) is 1. The van der Waals surface area contributed by atoms with E-state index in [0.717, 1.165) is 29.7 Å². The lowest BCUT2D eigenvalue weighted by Crippen LogP contribution is -1.93. The smallest absolute Gasteiger partial charge is 0.292 e. The van der Waals surface area contributed by atoms with Gasteiger partial charge in [-0.25, -0.2) is 0 Å². The molecule has 0 amide bonds. The molecular weight excluding hydrogens is 162 g/mol. The summed E-state index contributed by atoms with van der Waals surface area (Å²) in [5.41, 5.74) is 2.14. The van der Waals surface area contributed by atoms with Crippen LogP contribution in [0.2, 0.25) is 0 Å². The van der Waals surface area contributed by atoms with Crippen LogP contribution in [-0.4, -0.2) is 0 Å². The maximum atomic E-state index is 8.46. The Hall–Kier alpha value is -1.49. The van der Waals surface area contributed by atoms with Gasteiger partial charge < -0.3 is 4.74 Å². The van der Waals surface area contributed by atoms with Crippen LogP contribution in [0.15, 0.2) is 18.2 Å². The third kappa shape index (κ3) is 2.22. The first kappa shape index (κ1) is 9.60. The Morgan fingerprint density at radius 3 is 2.85 bits per heavy atom. The summed E-state index contributed by atoms with van der Waals surface area (Å²) in [5.74, 6) is 0.729. The van der Waals surface area contributed by atoms with Crippen molar-refractivity contribution in [3.63, 3.8) is 0 Å².